The molecule has 126 valence electrons. The lowest BCUT2D eigenvalue weighted by Crippen LogP contribution is -2.38. The van der Waals surface area contributed by atoms with Gasteiger partial charge in [0.15, 0.2) is 0 Å². The van der Waals surface area contributed by atoms with Crippen molar-refractivity contribution < 1.29 is 10.2 Å². The fourth-order valence-electron chi connectivity index (χ4n) is 1.21. The molecule has 0 saturated carbocycles. The van der Waals surface area contributed by atoms with Gasteiger partial charge in [0.05, 0.1) is 9.75 Å². The molecule has 23 heavy (non-hydrogen) atoms. The van der Waals surface area contributed by atoms with Crippen LogP contribution in [0.1, 0.15) is 65.1 Å². The van der Waals surface area contributed by atoms with Crippen molar-refractivity contribution in [3.8, 4) is 23.7 Å². The molecule has 1 heterocycles. The van der Waals surface area contributed by atoms with Crippen molar-refractivity contribution in [1.82, 2.24) is 0 Å². The topological polar surface area (TPSA) is 40.5 Å². The van der Waals surface area contributed by atoms with E-state index in [1.165, 1.54) is 11.3 Å². The standard InChI is InChI=1S/C20H28O2S/c1-17(2,3)19(7,21)13-11-15-9-10-16(23-15)12-14-20(8,22)18(4,5)6/h9-10,21-22H,1-8H3. The molecule has 0 radical (unpaired) electrons. The van der Waals surface area contributed by atoms with Crippen LogP contribution < -0.4 is 0 Å². The van der Waals surface area contributed by atoms with E-state index in [0.29, 0.717) is 0 Å². The lowest BCUT2D eigenvalue weighted by atomic mass is 9.78. The first-order valence-electron chi connectivity index (χ1n) is 7.77. The minimum atomic E-state index is -1.06. The van der Waals surface area contributed by atoms with Crippen LogP contribution in [0.25, 0.3) is 0 Å². The van der Waals surface area contributed by atoms with Crippen molar-refractivity contribution >= 4 is 11.3 Å². The quantitative estimate of drug-likeness (QED) is 0.704. The second kappa shape index (κ2) is 6.33. The molecule has 3 heteroatoms. The van der Waals surface area contributed by atoms with E-state index < -0.39 is 11.2 Å². The van der Waals surface area contributed by atoms with Gasteiger partial charge in [-0.15, -0.1) is 11.3 Å². The molecule has 2 N–H and O–H groups in total. The Morgan fingerprint density at radius 3 is 1.26 bits per heavy atom. The zero-order chi connectivity index (χ0) is 18.1. The third kappa shape index (κ3) is 5.11. The van der Waals surface area contributed by atoms with Crippen LogP contribution in [0.4, 0.5) is 0 Å². The van der Waals surface area contributed by atoms with Crippen LogP contribution in [0.5, 0.6) is 0 Å². The highest BCUT2D eigenvalue weighted by Gasteiger charge is 2.34. The lowest BCUT2D eigenvalue weighted by molar-refractivity contribution is 0.0127. The van der Waals surface area contributed by atoms with Gasteiger partial charge in [0.25, 0.3) is 0 Å². The van der Waals surface area contributed by atoms with Crippen LogP contribution in [-0.2, 0) is 0 Å². The summed E-state index contributed by atoms with van der Waals surface area (Å²) >= 11 is 1.47. The summed E-state index contributed by atoms with van der Waals surface area (Å²) in [6.07, 6.45) is 0. The Kier molecular flexibility index (Phi) is 5.44. The van der Waals surface area contributed by atoms with Crippen LogP contribution in [0, 0.1) is 34.5 Å². The van der Waals surface area contributed by atoms with E-state index in [4.69, 9.17) is 0 Å². The Morgan fingerprint density at radius 1 is 0.696 bits per heavy atom. The van der Waals surface area contributed by atoms with Crippen molar-refractivity contribution in [2.45, 2.75) is 66.6 Å². The van der Waals surface area contributed by atoms with Crippen LogP contribution in [0.3, 0.4) is 0 Å². The zero-order valence-electron chi connectivity index (χ0n) is 15.5. The van der Waals surface area contributed by atoms with E-state index in [1.807, 2.05) is 53.7 Å². The summed E-state index contributed by atoms with van der Waals surface area (Å²) in [4.78, 5) is 1.71. The molecule has 0 saturated heterocycles. The minimum absolute atomic E-state index is 0.314. The summed E-state index contributed by atoms with van der Waals surface area (Å²) in [6.45, 7) is 15.2. The van der Waals surface area contributed by atoms with Gasteiger partial charge in [-0.2, -0.15) is 0 Å². The maximum absolute atomic E-state index is 10.4. The van der Waals surface area contributed by atoms with Gasteiger partial charge in [-0.25, -0.2) is 0 Å². The van der Waals surface area contributed by atoms with E-state index >= 15 is 0 Å². The monoisotopic (exact) mass is 332 g/mol. The van der Waals surface area contributed by atoms with Gasteiger partial charge >= 0.3 is 0 Å². The van der Waals surface area contributed by atoms with Gasteiger partial charge in [-0.05, 0) is 26.0 Å². The third-order valence-electron chi connectivity index (χ3n) is 4.39. The van der Waals surface area contributed by atoms with E-state index in [0.717, 1.165) is 9.75 Å². The molecule has 2 atom stereocenters. The van der Waals surface area contributed by atoms with Gasteiger partial charge < -0.3 is 10.2 Å². The van der Waals surface area contributed by atoms with Crippen molar-refractivity contribution in [1.29, 1.82) is 0 Å². The molecular formula is C20H28O2S. The number of aliphatic hydroxyl groups is 2. The molecule has 0 aliphatic heterocycles. The molecule has 0 aliphatic rings. The molecule has 0 bridgehead atoms. The minimum Gasteiger partial charge on any atom is -0.377 e. The van der Waals surface area contributed by atoms with E-state index in [-0.39, 0.29) is 10.8 Å². The number of hydrogen-bond donors (Lipinski definition) is 2. The number of thiophene rings is 1. The fraction of sp³-hybridized carbons (Fsp3) is 0.600. The highest BCUT2D eigenvalue weighted by molar-refractivity contribution is 7.13. The molecule has 0 aromatic carbocycles. The van der Waals surface area contributed by atoms with Crippen LogP contribution in [-0.4, -0.2) is 21.4 Å². The molecule has 0 spiro atoms. The maximum Gasteiger partial charge on any atom is 0.127 e. The predicted molar refractivity (Wildman–Crippen MR) is 98.2 cm³/mol. The zero-order valence-corrected chi connectivity index (χ0v) is 16.3. The lowest BCUT2D eigenvalue weighted by Gasteiger charge is -2.32. The molecule has 0 fully saturated rings. The summed E-state index contributed by atoms with van der Waals surface area (Å²) in [5.41, 5.74) is -2.74. The molecule has 0 amide bonds. The Labute approximate surface area is 144 Å². The fourth-order valence-corrected chi connectivity index (χ4v) is 1.93. The molecule has 1 aromatic heterocycles. The van der Waals surface area contributed by atoms with E-state index in [9.17, 15) is 10.2 Å². The summed E-state index contributed by atoms with van der Waals surface area (Å²) < 4.78 is 0. The van der Waals surface area contributed by atoms with Gasteiger partial charge in [-0.1, -0.05) is 65.2 Å². The first-order chi connectivity index (χ1) is 10.2. The molecule has 0 aliphatic carbocycles. The number of hydrogen-bond acceptors (Lipinski definition) is 3. The SMILES string of the molecule is CC(C)(C)C(C)(O)C#Cc1ccc(C#CC(C)(O)C(C)(C)C)s1. The van der Waals surface area contributed by atoms with Crippen LogP contribution in [0.2, 0.25) is 0 Å². The molecule has 1 aromatic rings. The van der Waals surface area contributed by atoms with Gasteiger partial charge in [0.1, 0.15) is 11.2 Å². The van der Waals surface area contributed by atoms with Crippen molar-refractivity contribution in [2.75, 3.05) is 0 Å². The van der Waals surface area contributed by atoms with Crippen molar-refractivity contribution in [2.24, 2.45) is 10.8 Å². The Bertz CT molecular complexity index is 613. The Balaban J connectivity index is 2.99. The maximum atomic E-state index is 10.4. The molecule has 2 unspecified atom stereocenters. The molecule has 2 nitrogen and oxygen atoms in total. The summed E-state index contributed by atoms with van der Waals surface area (Å²) in [7, 11) is 0. The van der Waals surface area contributed by atoms with Crippen molar-refractivity contribution in [3.63, 3.8) is 0 Å². The van der Waals surface area contributed by atoms with Crippen molar-refractivity contribution in [3.05, 3.63) is 21.9 Å². The Morgan fingerprint density at radius 2 is 1.00 bits per heavy atom. The van der Waals surface area contributed by atoms with Gasteiger partial charge in [0.2, 0.25) is 0 Å². The van der Waals surface area contributed by atoms with Gasteiger partial charge in [-0.3, -0.25) is 0 Å². The van der Waals surface area contributed by atoms with E-state index in [1.54, 1.807) is 13.8 Å². The van der Waals surface area contributed by atoms with Gasteiger partial charge in [0, 0.05) is 10.8 Å². The molecule has 1 rings (SSSR count). The summed E-state index contributed by atoms with van der Waals surface area (Å²) in [5.74, 6) is 11.9. The van der Waals surface area contributed by atoms with E-state index in [2.05, 4.69) is 23.7 Å². The highest BCUT2D eigenvalue weighted by atomic mass is 32.1. The van der Waals surface area contributed by atoms with Crippen LogP contribution >= 0.6 is 11.3 Å². The second-order valence-electron chi connectivity index (χ2n) is 8.31. The largest absolute Gasteiger partial charge is 0.377 e. The average molecular weight is 333 g/mol. The predicted octanol–water partition coefficient (Wildman–Crippen LogP) is 4.05. The smallest absolute Gasteiger partial charge is 0.127 e. The summed E-state index contributed by atoms with van der Waals surface area (Å²) in [5, 5.41) is 20.8. The normalized spacial score (nSPS) is 17.1. The first-order valence-corrected chi connectivity index (χ1v) is 8.58. The number of rotatable bonds is 0. The highest BCUT2D eigenvalue weighted by Crippen LogP contribution is 2.30. The summed E-state index contributed by atoms with van der Waals surface area (Å²) in [6, 6.07) is 3.79. The molecular weight excluding hydrogens is 304 g/mol. The second-order valence-corrected chi connectivity index (χ2v) is 9.39. The third-order valence-corrected chi connectivity index (χ3v) is 5.30. The van der Waals surface area contributed by atoms with Crippen LogP contribution in [0.15, 0.2) is 12.1 Å². The Hall–Kier alpha value is -1.26. The average Bonchev–Trinajstić information content (AvgIpc) is 2.79. The first kappa shape index (κ1) is 19.8.